The fraction of sp³-hybridized carbons (Fsp3) is 0.222. The van der Waals surface area contributed by atoms with Gasteiger partial charge in [-0.2, -0.15) is 0 Å². The molecule has 0 spiro atoms. The van der Waals surface area contributed by atoms with Gasteiger partial charge in [0.1, 0.15) is 0 Å². The van der Waals surface area contributed by atoms with Crippen LogP contribution in [0.1, 0.15) is 16.1 Å². The second-order valence-electron chi connectivity index (χ2n) is 3.25. The summed E-state index contributed by atoms with van der Waals surface area (Å²) in [5, 5.41) is 8.76. The van der Waals surface area contributed by atoms with Gasteiger partial charge in [-0.15, -0.1) is 0 Å². The molecule has 1 aromatic heterocycles. The number of amides is 2. The van der Waals surface area contributed by atoms with E-state index in [1.54, 1.807) is 0 Å². The van der Waals surface area contributed by atoms with E-state index in [4.69, 9.17) is 10.8 Å². The Labute approximate surface area is 85.3 Å². The van der Waals surface area contributed by atoms with E-state index in [-0.39, 0.29) is 12.1 Å². The van der Waals surface area contributed by atoms with E-state index in [9.17, 15) is 9.59 Å². The molecule has 78 valence electrons. The molecule has 0 bridgehead atoms. The zero-order valence-electron chi connectivity index (χ0n) is 7.80. The Morgan fingerprint density at radius 1 is 1.60 bits per heavy atom. The average molecular weight is 207 g/mol. The van der Waals surface area contributed by atoms with Crippen LogP contribution in [0.4, 0.5) is 10.5 Å². The Hall–Kier alpha value is -2.11. The Kier molecular flexibility index (Phi) is 2.03. The molecule has 0 unspecified atom stereocenters. The lowest BCUT2D eigenvalue weighted by Crippen LogP contribution is -2.41. The Bertz CT molecular complexity index is 444. The van der Waals surface area contributed by atoms with Gasteiger partial charge < -0.3 is 10.8 Å². The van der Waals surface area contributed by atoms with Crippen LogP contribution >= 0.6 is 0 Å². The fourth-order valence-electron chi connectivity index (χ4n) is 1.54. The minimum absolute atomic E-state index is 0.151. The molecule has 0 saturated heterocycles. The van der Waals surface area contributed by atoms with E-state index < -0.39 is 12.0 Å². The monoisotopic (exact) mass is 207 g/mol. The van der Waals surface area contributed by atoms with Crippen molar-refractivity contribution in [3.63, 3.8) is 0 Å². The van der Waals surface area contributed by atoms with Crippen molar-refractivity contribution in [2.75, 3.05) is 12.3 Å². The standard InChI is InChI=1S/C9H9N3O3/c10-5-3-6-7(11-4-5)1-2-12(8(6)13)9(14)15/h3-4H,1-2,10H2,(H,14,15). The van der Waals surface area contributed by atoms with E-state index in [0.29, 0.717) is 17.8 Å². The predicted molar refractivity (Wildman–Crippen MR) is 51.4 cm³/mol. The first-order valence-electron chi connectivity index (χ1n) is 4.39. The van der Waals surface area contributed by atoms with Crippen LogP contribution in [0.3, 0.4) is 0 Å². The number of carbonyl (C=O) groups excluding carboxylic acids is 1. The van der Waals surface area contributed by atoms with Crippen LogP contribution in [-0.2, 0) is 6.42 Å². The molecule has 2 rings (SSSR count). The minimum Gasteiger partial charge on any atom is -0.465 e. The van der Waals surface area contributed by atoms with Gasteiger partial charge in [0.25, 0.3) is 5.91 Å². The summed E-state index contributed by atoms with van der Waals surface area (Å²) in [6, 6.07) is 1.46. The number of pyridine rings is 1. The minimum atomic E-state index is -1.24. The van der Waals surface area contributed by atoms with Gasteiger partial charge in [-0.1, -0.05) is 0 Å². The van der Waals surface area contributed by atoms with Gasteiger partial charge in [-0.05, 0) is 6.07 Å². The van der Waals surface area contributed by atoms with Crippen LogP contribution < -0.4 is 5.73 Å². The lowest BCUT2D eigenvalue weighted by Gasteiger charge is -2.23. The van der Waals surface area contributed by atoms with E-state index in [1.807, 2.05) is 0 Å². The number of hydrogen-bond acceptors (Lipinski definition) is 4. The first kappa shape index (κ1) is 9.45. The molecule has 6 heteroatoms. The number of aromatic nitrogens is 1. The summed E-state index contributed by atoms with van der Waals surface area (Å²) in [6.45, 7) is 0.151. The molecule has 0 fully saturated rings. The van der Waals surface area contributed by atoms with Crippen molar-refractivity contribution < 1.29 is 14.7 Å². The normalized spacial score (nSPS) is 14.9. The van der Waals surface area contributed by atoms with Gasteiger partial charge >= 0.3 is 6.09 Å². The molecular formula is C9H9N3O3. The van der Waals surface area contributed by atoms with Crippen LogP contribution in [0, 0.1) is 0 Å². The number of nitrogens with two attached hydrogens (primary N) is 1. The van der Waals surface area contributed by atoms with Crippen molar-refractivity contribution >= 4 is 17.7 Å². The van der Waals surface area contributed by atoms with Crippen LogP contribution in [0.5, 0.6) is 0 Å². The molecule has 1 aromatic rings. The molecular weight excluding hydrogens is 198 g/mol. The van der Waals surface area contributed by atoms with Crippen molar-refractivity contribution in [1.29, 1.82) is 0 Å². The fourth-order valence-corrected chi connectivity index (χ4v) is 1.54. The highest BCUT2D eigenvalue weighted by atomic mass is 16.4. The van der Waals surface area contributed by atoms with E-state index >= 15 is 0 Å². The summed E-state index contributed by atoms with van der Waals surface area (Å²) in [5.74, 6) is -0.552. The highest BCUT2D eigenvalue weighted by Crippen LogP contribution is 2.18. The molecule has 0 radical (unpaired) electrons. The van der Waals surface area contributed by atoms with Gasteiger partial charge in [0, 0.05) is 13.0 Å². The van der Waals surface area contributed by atoms with Crippen LogP contribution in [0.15, 0.2) is 12.3 Å². The Morgan fingerprint density at radius 3 is 3.00 bits per heavy atom. The number of rotatable bonds is 0. The number of fused-ring (bicyclic) bond motifs is 1. The van der Waals surface area contributed by atoms with Crippen LogP contribution in [0.25, 0.3) is 0 Å². The zero-order valence-corrected chi connectivity index (χ0v) is 7.80. The molecule has 0 saturated carbocycles. The second kappa shape index (κ2) is 3.23. The van der Waals surface area contributed by atoms with Crippen molar-refractivity contribution in [1.82, 2.24) is 9.88 Å². The third kappa shape index (κ3) is 1.50. The number of nitrogen functional groups attached to an aromatic ring is 1. The molecule has 0 aromatic carbocycles. The topological polar surface area (TPSA) is 96.5 Å². The van der Waals surface area contributed by atoms with E-state index in [2.05, 4.69) is 4.98 Å². The van der Waals surface area contributed by atoms with Crippen molar-refractivity contribution in [2.45, 2.75) is 6.42 Å². The average Bonchev–Trinajstić information content (AvgIpc) is 2.19. The van der Waals surface area contributed by atoms with Crippen LogP contribution in [-0.4, -0.2) is 33.5 Å². The van der Waals surface area contributed by atoms with Crippen molar-refractivity contribution in [2.24, 2.45) is 0 Å². The largest absolute Gasteiger partial charge is 0.465 e. The third-order valence-corrected chi connectivity index (χ3v) is 2.27. The van der Waals surface area contributed by atoms with Gasteiger partial charge in [-0.25, -0.2) is 9.69 Å². The molecule has 6 nitrogen and oxygen atoms in total. The maximum atomic E-state index is 11.7. The van der Waals surface area contributed by atoms with E-state index in [1.165, 1.54) is 12.3 Å². The number of carbonyl (C=O) groups is 2. The van der Waals surface area contributed by atoms with Crippen LogP contribution in [0.2, 0.25) is 0 Å². The Morgan fingerprint density at radius 2 is 2.33 bits per heavy atom. The number of anilines is 1. The van der Waals surface area contributed by atoms with Gasteiger partial charge in [0.15, 0.2) is 0 Å². The summed E-state index contributed by atoms with van der Waals surface area (Å²) in [6.07, 6.45) is 0.656. The van der Waals surface area contributed by atoms with Gasteiger partial charge in [0.2, 0.25) is 0 Å². The molecule has 1 aliphatic heterocycles. The molecule has 3 N–H and O–H groups in total. The second-order valence-corrected chi connectivity index (χ2v) is 3.25. The lowest BCUT2D eigenvalue weighted by molar-refractivity contribution is 0.0725. The maximum absolute atomic E-state index is 11.7. The molecule has 0 atom stereocenters. The highest BCUT2D eigenvalue weighted by Gasteiger charge is 2.29. The number of imide groups is 1. The number of nitrogens with zero attached hydrogens (tertiary/aromatic N) is 2. The summed E-state index contributed by atoms with van der Waals surface area (Å²) in [4.78, 5) is 27.1. The first-order chi connectivity index (χ1) is 7.09. The predicted octanol–water partition coefficient (Wildman–Crippen LogP) is 0.340. The summed E-state index contributed by atoms with van der Waals surface area (Å²) >= 11 is 0. The SMILES string of the molecule is Nc1cnc2c(c1)C(=O)N(C(=O)O)CC2. The number of carboxylic acid groups (broad SMARTS) is 1. The summed E-state index contributed by atoms with van der Waals surface area (Å²) < 4.78 is 0. The first-order valence-corrected chi connectivity index (χ1v) is 4.39. The molecule has 15 heavy (non-hydrogen) atoms. The summed E-state index contributed by atoms with van der Waals surface area (Å²) in [5.41, 5.74) is 6.73. The Balaban J connectivity index is 2.45. The quantitative estimate of drug-likeness (QED) is 0.639. The van der Waals surface area contributed by atoms with Crippen molar-refractivity contribution in [3.05, 3.63) is 23.5 Å². The molecule has 1 aliphatic rings. The maximum Gasteiger partial charge on any atom is 0.414 e. The van der Waals surface area contributed by atoms with Gasteiger partial charge in [-0.3, -0.25) is 9.78 Å². The smallest absolute Gasteiger partial charge is 0.414 e. The lowest BCUT2D eigenvalue weighted by atomic mass is 10.1. The molecule has 2 heterocycles. The molecule has 0 aliphatic carbocycles. The zero-order chi connectivity index (χ0) is 11.0. The van der Waals surface area contributed by atoms with Crippen molar-refractivity contribution in [3.8, 4) is 0 Å². The summed E-state index contributed by atoms with van der Waals surface area (Å²) in [7, 11) is 0. The third-order valence-electron chi connectivity index (χ3n) is 2.27. The highest BCUT2D eigenvalue weighted by molar-refractivity contribution is 6.04. The number of hydrogen-bond donors (Lipinski definition) is 2. The van der Waals surface area contributed by atoms with E-state index in [0.717, 1.165) is 4.90 Å². The molecule has 2 amide bonds. The van der Waals surface area contributed by atoms with Gasteiger partial charge in [0.05, 0.1) is 23.1 Å².